The van der Waals surface area contributed by atoms with Gasteiger partial charge in [-0.1, -0.05) is 29.3 Å². The Kier molecular flexibility index (Phi) is 5.82. The standard InChI is InChI=1S/C13H17BrN2O3/c1-2-3-9(7-12(17)18)16-13(19)10-5-4-8(14)6-11(10)15/h4-6,9H,2-3,7,15H2,1H3,(H,16,19)(H,17,18). The SMILES string of the molecule is CCCC(CC(=O)O)NC(=O)c1ccc(Br)cc1N. The summed E-state index contributed by atoms with van der Waals surface area (Å²) in [6.45, 7) is 1.94. The Hall–Kier alpha value is -1.56. The van der Waals surface area contributed by atoms with Gasteiger partial charge in [0.15, 0.2) is 0 Å². The molecule has 1 rings (SSSR count). The number of rotatable bonds is 6. The fourth-order valence-electron chi connectivity index (χ4n) is 1.79. The average Bonchev–Trinajstić information content (AvgIpc) is 2.27. The first-order valence-electron chi connectivity index (χ1n) is 6.01. The van der Waals surface area contributed by atoms with E-state index < -0.39 is 5.97 Å². The molecule has 0 aliphatic carbocycles. The van der Waals surface area contributed by atoms with Gasteiger partial charge in [-0.05, 0) is 24.6 Å². The zero-order valence-corrected chi connectivity index (χ0v) is 12.2. The number of carboxylic acids is 1. The Balaban J connectivity index is 2.78. The van der Waals surface area contributed by atoms with Crippen LogP contribution in [-0.4, -0.2) is 23.0 Å². The molecular formula is C13H17BrN2O3. The lowest BCUT2D eigenvalue weighted by molar-refractivity contribution is -0.137. The van der Waals surface area contributed by atoms with Crippen molar-refractivity contribution in [1.82, 2.24) is 5.32 Å². The fourth-order valence-corrected chi connectivity index (χ4v) is 2.17. The summed E-state index contributed by atoms with van der Waals surface area (Å²) in [6.07, 6.45) is 1.33. The van der Waals surface area contributed by atoms with E-state index in [0.717, 1.165) is 10.9 Å². The summed E-state index contributed by atoms with van der Waals surface area (Å²) < 4.78 is 0.789. The van der Waals surface area contributed by atoms with Crippen LogP contribution in [0.5, 0.6) is 0 Å². The third-order valence-corrected chi connectivity index (χ3v) is 3.14. The molecule has 104 valence electrons. The largest absolute Gasteiger partial charge is 0.481 e. The van der Waals surface area contributed by atoms with Gasteiger partial charge in [-0.25, -0.2) is 0 Å². The van der Waals surface area contributed by atoms with Gasteiger partial charge < -0.3 is 16.2 Å². The Bertz CT molecular complexity index is 477. The lowest BCUT2D eigenvalue weighted by atomic mass is 10.1. The minimum atomic E-state index is -0.928. The predicted molar refractivity (Wildman–Crippen MR) is 77.0 cm³/mol. The number of nitrogens with one attached hydrogen (secondary N) is 1. The molecule has 1 unspecified atom stereocenters. The van der Waals surface area contributed by atoms with Crippen LogP contribution >= 0.6 is 15.9 Å². The number of hydrogen-bond acceptors (Lipinski definition) is 3. The molecule has 0 radical (unpaired) electrons. The molecule has 5 nitrogen and oxygen atoms in total. The van der Waals surface area contributed by atoms with Crippen LogP contribution in [0.25, 0.3) is 0 Å². The van der Waals surface area contributed by atoms with Crippen LogP contribution in [-0.2, 0) is 4.79 Å². The van der Waals surface area contributed by atoms with E-state index in [0.29, 0.717) is 17.7 Å². The van der Waals surface area contributed by atoms with Crippen LogP contribution in [0, 0.1) is 0 Å². The van der Waals surface area contributed by atoms with E-state index in [2.05, 4.69) is 21.2 Å². The zero-order chi connectivity index (χ0) is 14.4. The molecular weight excluding hydrogens is 312 g/mol. The predicted octanol–water partition coefficient (Wildman–Crippen LogP) is 2.40. The molecule has 6 heteroatoms. The summed E-state index contributed by atoms with van der Waals surface area (Å²) in [5, 5.41) is 11.5. The van der Waals surface area contributed by atoms with Gasteiger partial charge in [-0.2, -0.15) is 0 Å². The summed E-state index contributed by atoms with van der Waals surface area (Å²) in [7, 11) is 0. The molecule has 0 spiro atoms. The molecule has 4 N–H and O–H groups in total. The number of carbonyl (C=O) groups excluding carboxylic acids is 1. The number of carboxylic acid groups (broad SMARTS) is 1. The maximum absolute atomic E-state index is 12.0. The molecule has 1 amide bonds. The molecule has 1 aromatic rings. The van der Waals surface area contributed by atoms with E-state index in [9.17, 15) is 9.59 Å². The van der Waals surface area contributed by atoms with Crippen molar-refractivity contribution in [3.63, 3.8) is 0 Å². The maximum atomic E-state index is 12.0. The van der Waals surface area contributed by atoms with Crippen LogP contribution in [0.1, 0.15) is 36.5 Å². The summed E-state index contributed by atoms with van der Waals surface area (Å²) >= 11 is 3.26. The molecule has 0 aliphatic heterocycles. The molecule has 0 bridgehead atoms. The van der Waals surface area contributed by atoms with Gasteiger partial charge in [0, 0.05) is 16.2 Å². The normalized spacial score (nSPS) is 11.9. The second kappa shape index (κ2) is 7.13. The Morgan fingerprint density at radius 3 is 2.68 bits per heavy atom. The number of nitrogen functional groups attached to an aromatic ring is 1. The maximum Gasteiger partial charge on any atom is 0.305 e. The van der Waals surface area contributed by atoms with Gasteiger partial charge in [-0.3, -0.25) is 9.59 Å². The van der Waals surface area contributed by atoms with E-state index in [-0.39, 0.29) is 18.4 Å². The van der Waals surface area contributed by atoms with Gasteiger partial charge in [0.1, 0.15) is 0 Å². The minimum Gasteiger partial charge on any atom is -0.481 e. The van der Waals surface area contributed by atoms with Crippen molar-refractivity contribution in [2.75, 3.05) is 5.73 Å². The molecule has 0 aliphatic rings. The van der Waals surface area contributed by atoms with E-state index >= 15 is 0 Å². The van der Waals surface area contributed by atoms with Gasteiger partial charge in [0.25, 0.3) is 5.91 Å². The van der Waals surface area contributed by atoms with Crippen LogP contribution in [0.4, 0.5) is 5.69 Å². The van der Waals surface area contributed by atoms with E-state index in [1.165, 1.54) is 0 Å². The molecule has 1 aromatic carbocycles. The quantitative estimate of drug-likeness (QED) is 0.699. The first-order chi connectivity index (χ1) is 8.93. The van der Waals surface area contributed by atoms with Crippen molar-refractivity contribution in [1.29, 1.82) is 0 Å². The Morgan fingerprint density at radius 1 is 1.47 bits per heavy atom. The van der Waals surface area contributed by atoms with Crippen molar-refractivity contribution < 1.29 is 14.7 Å². The average molecular weight is 329 g/mol. The fraction of sp³-hybridized carbons (Fsp3) is 0.385. The number of benzene rings is 1. The van der Waals surface area contributed by atoms with Crippen molar-refractivity contribution in [2.24, 2.45) is 0 Å². The molecule has 0 heterocycles. The second-order valence-electron chi connectivity index (χ2n) is 4.29. The number of nitrogens with two attached hydrogens (primary N) is 1. The Morgan fingerprint density at radius 2 is 2.16 bits per heavy atom. The number of amides is 1. The highest BCUT2D eigenvalue weighted by Crippen LogP contribution is 2.18. The highest BCUT2D eigenvalue weighted by Gasteiger charge is 2.17. The molecule has 19 heavy (non-hydrogen) atoms. The number of carbonyl (C=O) groups is 2. The second-order valence-corrected chi connectivity index (χ2v) is 5.20. The lowest BCUT2D eigenvalue weighted by Gasteiger charge is -2.16. The number of anilines is 1. The third-order valence-electron chi connectivity index (χ3n) is 2.65. The molecule has 0 aromatic heterocycles. The topological polar surface area (TPSA) is 92.4 Å². The van der Waals surface area contributed by atoms with Crippen LogP contribution < -0.4 is 11.1 Å². The zero-order valence-electron chi connectivity index (χ0n) is 10.6. The van der Waals surface area contributed by atoms with Gasteiger partial charge in [0.05, 0.1) is 12.0 Å². The summed E-state index contributed by atoms with van der Waals surface area (Å²) in [6, 6.07) is 4.59. The first kappa shape index (κ1) is 15.5. The van der Waals surface area contributed by atoms with Crippen molar-refractivity contribution in [3.05, 3.63) is 28.2 Å². The number of hydrogen-bond donors (Lipinski definition) is 3. The van der Waals surface area contributed by atoms with Crippen molar-refractivity contribution in [2.45, 2.75) is 32.2 Å². The number of halogens is 1. The molecule has 0 fully saturated rings. The minimum absolute atomic E-state index is 0.0873. The Labute approximate surface area is 120 Å². The summed E-state index contributed by atoms with van der Waals surface area (Å²) in [5.41, 5.74) is 6.48. The van der Waals surface area contributed by atoms with Gasteiger partial charge in [-0.15, -0.1) is 0 Å². The van der Waals surface area contributed by atoms with E-state index in [1.807, 2.05) is 6.92 Å². The highest BCUT2D eigenvalue weighted by molar-refractivity contribution is 9.10. The highest BCUT2D eigenvalue weighted by atomic mass is 79.9. The molecule has 0 saturated heterocycles. The first-order valence-corrected chi connectivity index (χ1v) is 6.81. The van der Waals surface area contributed by atoms with Crippen LogP contribution in [0.2, 0.25) is 0 Å². The van der Waals surface area contributed by atoms with Gasteiger partial charge in [0.2, 0.25) is 0 Å². The van der Waals surface area contributed by atoms with Crippen LogP contribution in [0.3, 0.4) is 0 Å². The third kappa shape index (κ3) is 4.90. The smallest absolute Gasteiger partial charge is 0.305 e. The number of aliphatic carboxylic acids is 1. The molecule has 0 saturated carbocycles. The van der Waals surface area contributed by atoms with E-state index in [1.54, 1.807) is 18.2 Å². The van der Waals surface area contributed by atoms with Crippen LogP contribution in [0.15, 0.2) is 22.7 Å². The van der Waals surface area contributed by atoms with Gasteiger partial charge >= 0.3 is 5.97 Å². The molecule has 1 atom stereocenters. The summed E-state index contributed by atoms with van der Waals surface area (Å²) in [5.74, 6) is -1.27. The van der Waals surface area contributed by atoms with Crippen molar-refractivity contribution in [3.8, 4) is 0 Å². The lowest BCUT2D eigenvalue weighted by Crippen LogP contribution is -2.36. The monoisotopic (exact) mass is 328 g/mol. The van der Waals surface area contributed by atoms with Crippen molar-refractivity contribution >= 4 is 33.5 Å². The van der Waals surface area contributed by atoms with E-state index in [4.69, 9.17) is 10.8 Å². The summed E-state index contributed by atoms with van der Waals surface area (Å²) in [4.78, 5) is 22.8.